The Kier molecular flexibility index (Phi) is 6.59. The van der Waals surface area contributed by atoms with Crippen LogP contribution in [0.3, 0.4) is 0 Å². The van der Waals surface area contributed by atoms with E-state index in [9.17, 15) is 4.79 Å². The molecule has 0 atom stereocenters. The van der Waals surface area contributed by atoms with Gasteiger partial charge in [-0.15, -0.1) is 0 Å². The minimum atomic E-state index is -0.0242. The van der Waals surface area contributed by atoms with Crippen molar-refractivity contribution < 1.29 is 4.79 Å². The third-order valence-corrected chi connectivity index (χ3v) is 6.06. The van der Waals surface area contributed by atoms with Gasteiger partial charge in [0.2, 0.25) is 0 Å². The van der Waals surface area contributed by atoms with Crippen molar-refractivity contribution in [3.8, 4) is 0 Å². The number of amides is 2. The number of hydrogen-bond donors (Lipinski definition) is 1. The van der Waals surface area contributed by atoms with Gasteiger partial charge in [0, 0.05) is 75.8 Å². The van der Waals surface area contributed by atoms with E-state index in [-0.39, 0.29) is 6.03 Å². The molecule has 0 unspecified atom stereocenters. The number of carbonyl (C=O) groups is 1. The minimum absolute atomic E-state index is 0.0242. The fourth-order valence-electron chi connectivity index (χ4n) is 3.87. The van der Waals surface area contributed by atoms with Gasteiger partial charge >= 0.3 is 6.03 Å². The van der Waals surface area contributed by atoms with E-state index in [0.717, 1.165) is 61.4 Å². The molecule has 0 bridgehead atoms. The van der Waals surface area contributed by atoms with Crippen LogP contribution in [0.5, 0.6) is 0 Å². The lowest BCUT2D eigenvalue weighted by molar-refractivity contribution is 0.194. The first kappa shape index (κ1) is 20.8. The number of nitrogens with one attached hydrogen (secondary N) is 1. The molecule has 0 spiro atoms. The maximum absolute atomic E-state index is 12.6. The van der Waals surface area contributed by atoms with Crippen LogP contribution < -0.4 is 15.1 Å². The predicted octanol–water partition coefficient (Wildman–Crippen LogP) is 2.52. The van der Waals surface area contributed by atoms with Crippen LogP contribution in [0.15, 0.2) is 42.6 Å². The van der Waals surface area contributed by atoms with Gasteiger partial charge in [-0.2, -0.15) is 0 Å². The third kappa shape index (κ3) is 5.15. The van der Waals surface area contributed by atoms with Crippen molar-refractivity contribution in [1.29, 1.82) is 0 Å². The van der Waals surface area contributed by atoms with Crippen molar-refractivity contribution in [3.05, 3.63) is 53.2 Å². The average molecular weight is 429 g/mol. The number of carbonyl (C=O) groups excluding carboxylic acids is 1. The smallest absolute Gasteiger partial charge is 0.317 e. The van der Waals surface area contributed by atoms with Crippen molar-refractivity contribution in [1.82, 2.24) is 20.1 Å². The van der Waals surface area contributed by atoms with Crippen molar-refractivity contribution in [3.63, 3.8) is 0 Å². The molecule has 4 rings (SSSR count). The molecular weight excluding hydrogens is 400 g/mol. The number of likely N-dealkylation sites (N-methyl/N-ethyl adjacent to an activating group) is 1. The molecule has 2 fully saturated rings. The van der Waals surface area contributed by atoms with Gasteiger partial charge in [-0.1, -0.05) is 23.7 Å². The van der Waals surface area contributed by atoms with Crippen LogP contribution in [-0.4, -0.2) is 80.2 Å². The standard InChI is InChI=1S/C22H29ClN6O/c1-26-7-9-28(10-8-26)21-6-5-18(16-24-21)17-25-22(30)29-13-11-27(12-14-29)20-4-2-3-19(23)15-20/h2-6,15-16H,7-14,17H2,1H3,(H,25,30). The van der Waals surface area contributed by atoms with Crippen LogP contribution in [0.2, 0.25) is 5.02 Å². The molecule has 2 aliphatic heterocycles. The minimum Gasteiger partial charge on any atom is -0.368 e. The topological polar surface area (TPSA) is 55.0 Å². The van der Waals surface area contributed by atoms with E-state index in [0.29, 0.717) is 19.6 Å². The van der Waals surface area contributed by atoms with E-state index in [4.69, 9.17) is 11.6 Å². The lowest BCUT2D eigenvalue weighted by Gasteiger charge is -2.36. The van der Waals surface area contributed by atoms with E-state index in [1.54, 1.807) is 0 Å². The second-order valence-corrected chi connectivity index (χ2v) is 8.36. The van der Waals surface area contributed by atoms with Crippen molar-refractivity contribution in [2.24, 2.45) is 0 Å². The first-order valence-corrected chi connectivity index (χ1v) is 10.9. The molecule has 30 heavy (non-hydrogen) atoms. The van der Waals surface area contributed by atoms with Gasteiger partial charge in [-0.25, -0.2) is 9.78 Å². The van der Waals surface area contributed by atoms with E-state index < -0.39 is 0 Å². The Labute approximate surface area is 183 Å². The highest BCUT2D eigenvalue weighted by molar-refractivity contribution is 6.30. The number of halogens is 1. The van der Waals surface area contributed by atoms with Gasteiger partial charge in [0.25, 0.3) is 0 Å². The molecule has 1 N–H and O–H groups in total. The van der Waals surface area contributed by atoms with Crippen molar-refractivity contribution in [2.75, 3.05) is 69.2 Å². The Bertz CT molecular complexity index is 845. The van der Waals surface area contributed by atoms with Crippen LogP contribution >= 0.6 is 11.6 Å². The summed E-state index contributed by atoms with van der Waals surface area (Å²) in [4.78, 5) is 25.9. The molecule has 2 amide bonds. The number of pyridine rings is 1. The lowest BCUT2D eigenvalue weighted by atomic mass is 10.2. The maximum Gasteiger partial charge on any atom is 0.317 e. The highest BCUT2D eigenvalue weighted by atomic mass is 35.5. The molecule has 0 radical (unpaired) electrons. The largest absolute Gasteiger partial charge is 0.368 e. The summed E-state index contributed by atoms with van der Waals surface area (Å²) in [5, 5.41) is 3.76. The Morgan fingerprint density at radius 2 is 1.73 bits per heavy atom. The molecule has 7 nitrogen and oxygen atoms in total. The van der Waals surface area contributed by atoms with Gasteiger partial charge in [0.1, 0.15) is 5.82 Å². The summed E-state index contributed by atoms with van der Waals surface area (Å²) in [7, 11) is 2.15. The molecule has 3 heterocycles. The van der Waals surface area contributed by atoms with Gasteiger partial charge in [-0.05, 0) is 36.9 Å². The summed E-state index contributed by atoms with van der Waals surface area (Å²) in [6.45, 7) is 7.60. The number of aromatic nitrogens is 1. The number of rotatable bonds is 4. The Balaban J connectivity index is 1.23. The molecule has 1 aromatic heterocycles. The zero-order valence-electron chi connectivity index (χ0n) is 17.4. The normalized spacial score (nSPS) is 17.9. The van der Waals surface area contributed by atoms with E-state index >= 15 is 0 Å². The van der Waals surface area contributed by atoms with Crippen LogP contribution in [0.1, 0.15) is 5.56 Å². The highest BCUT2D eigenvalue weighted by Crippen LogP contribution is 2.21. The zero-order valence-corrected chi connectivity index (χ0v) is 18.2. The molecule has 2 saturated heterocycles. The monoisotopic (exact) mass is 428 g/mol. The number of piperazine rings is 2. The van der Waals surface area contributed by atoms with Crippen LogP contribution in [0, 0.1) is 0 Å². The first-order valence-electron chi connectivity index (χ1n) is 10.5. The molecular formula is C22H29ClN6O. The fraction of sp³-hybridized carbons (Fsp3) is 0.455. The lowest BCUT2D eigenvalue weighted by Crippen LogP contribution is -2.51. The number of anilines is 2. The van der Waals surface area contributed by atoms with E-state index in [1.807, 2.05) is 29.3 Å². The van der Waals surface area contributed by atoms with E-state index in [1.165, 1.54) is 0 Å². The maximum atomic E-state index is 12.6. The molecule has 0 saturated carbocycles. The van der Waals surface area contributed by atoms with Crippen LogP contribution in [0.4, 0.5) is 16.3 Å². The molecule has 2 aliphatic rings. The fourth-order valence-corrected chi connectivity index (χ4v) is 4.06. The van der Waals surface area contributed by atoms with Crippen LogP contribution in [-0.2, 0) is 6.54 Å². The molecule has 8 heteroatoms. The Morgan fingerprint density at radius 3 is 2.40 bits per heavy atom. The van der Waals surface area contributed by atoms with Gasteiger partial charge in [0.05, 0.1) is 0 Å². The molecule has 1 aromatic carbocycles. The summed E-state index contributed by atoms with van der Waals surface area (Å²) in [6.07, 6.45) is 1.87. The number of benzene rings is 1. The van der Waals surface area contributed by atoms with Crippen molar-refractivity contribution in [2.45, 2.75) is 6.54 Å². The molecule has 0 aliphatic carbocycles. The number of hydrogen-bond acceptors (Lipinski definition) is 5. The molecule has 2 aromatic rings. The number of urea groups is 1. The quantitative estimate of drug-likeness (QED) is 0.811. The second kappa shape index (κ2) is 9.53. The number of nitrogens with zero attached hydrogens (tertiary/aromatic N) is 5. The molecule has 160 valence electrons. The summed E-state index contributed by atoms with van der Waals surface area (Å²) < 4.78 is 0. The zero-order chi connectivity index (χ0) is 20.9. The van der Waals surface area contributed by atoms with Gasteiger partial charge in [0.15, 0.2) is 0 Å². The first-order chi connectivity index (χ1) is 14.6. The third-order valence-electron chi connectivity index (χ3n) is 5.82. The van der Waals surface area contributed by atoms with E-state index in [2.05, 4.69) is 50.2 Å². The van der Waals surface area contributed by atoms with Crippen molar-refractivity contribution >= 4 is 29.1 Å². The average Bonchev–Trinajstić information content (AvgIpc) is 2.78. The highest BCUT2D eigenvalue weighted by Gasteiger charge is 2.21. The summed E-state index contributed by atoms with van der Waals surface area (Å²) in [6, 6.07) is 11.9. The summed E-state index contributed by atoms with van der Waals surface area (Å²) in [5.74, 6) is 1.01. The van der Waals surface area contributed by atoms with Gasteiger partial charge < -0.3 is 24.9 Å². The Hall–Kier alpha value is -2.51. The summed E-state index contributed by atoms with van der Waals surface area (Å²) in [5.41, 5.74) is 2.12. The van der Waals surface area contributed by atoms with Gasteiger partial charge in [-0.3, -0.25) is 0 Å². The summed E-state index contributed by atoms with van der Waals surface area (Å²) >= 11 is 6.09. The van der Waals surface area contributed by atoms with Crippen LogP contribution in [0.25, 0.3) is 0 Å². The Morgan fingerprint density at radius 1 is 1.00 bits per heavy atom. The SMILES string of the molecule is CN1CCN(c2ccc(CNC(=O)N3CCN(c4cccc(Cl)c4)CC3)cn2)CC1. The second-order valence-electron chi connectivity index (χ2n) is 7.93. The predicted molar refractivity (Wildman–Crippen MR) is 121 cm³/mol.